The van der Waals surface area contributed by atoms with Crippen LogP contribution in [0.5, 0.6) is 0 Å². The van der Waals surface area contributed by atoms with Gasteiger partial charge in [0, 0.05) is 56.0 Å². The first kappa shape index (κ1) is 16.9. The molecule has 0 atom stereocenters. The van der Waals surface area contributed by atoms with Gasteiger partial charge in [0.2, 0.25) is 5.91 Å². The molecular weight excluding hydrogens is 328 g/mol. The molecule has 1 saturated heterocycles. The molecule has 3 heterocycles. The molecule has 0 radical (unpaired) electrons. The summed E-state index contributed by atoms with van der Waals surface area (Å²) < 4.78 is 2.31. The molecule has 2 amide bonds. The monoisotopic (exact) mass is 354 g/mol. The van der Waals surface area contributed by atoms with Crippen LogP contribution in [-0.2, 0) is 11.2 Å². The molecule has 1 aliphatic heterocycles. The van der Waals surface area contributed by atoms with E-state index in [9.17, 15) is 9.59 Å². The van der Waals surface area contributed by atoms with Gasteiger partial charge in [0.05, 0.1) is 12.0 Å². The second kappa shape index (κ2) is 6.67. The van der Waals surface area contributed by atoms with Crippen molar-refractivity contribution in [2.45, 2.75) is 39.2 Å². The highest BCUT2D eigenvalue weighted by Gasteiger charge is 2.31. The lowest BCUT2D eigenvalue weighted by Gasteiger charge is -2.35. The molecule has 2 fully saturated rings. The highest BCUT2D eigenvalue weighted by atomic mass is 16.2. The van der Waals surface area contributed by atoms with Crippen LogP contribution in [0.25, 0.3) is 0 Å². The number of aryl methyl sites for hydroxylation is 1. The van der Waals surface area contributed by atoms with Gasteiger partial charge in [0.25, 0.3) is 5.91 Å². The Kier molecular flexibility index (Phi) is 4.34. The molecule has 0 unspecified atom stereocenters. The Labute approximate surface area is 153 Å². The van der Waals surface area contributed by atoms with Crippen LogP contribution in [-0.4, -0.2) is 57.3 Å². The van der Waals surface area contributed by atoms with Crippen molar-refractivity contribution in [2.75, 3.05) is 26.2 Å². The van der Waals surface area contributed by atoms with Gasteiger partial charge in [-0.1, -0.05) is 0 Å². The molecule has 0 aromatic carbocycles. The predicted octanol–water partition coefficient (Wildman–Crippen LogP) is 2.30. The van der Waals surface area contributed by atoms with Crippen LogP contribution in [0, 0.1) is 13.8 Å². The first-order valence-electron chi connectivity index (χ1n) is 9.41. The number of aromatic amines is 1. The van der Waals surface area contributed by atoms with Gasteiger partial charge in [-0.3, -0.25) is 9.59 Å². The van der Waals surface area contributed by atoms with E-state index in [1.807, 2.05) is 34.3 Å². The average Bonchev–Trinajstić information content (AvgIpc) is 3.25. The fraction of sp³-hybridized carbons (Fsp3) is 0.500. The number of carbonyl (C=O) groups is 2. The van der Waals surface area contributed by atoms with E-state index < -0.39 is 0 Å². The van der Waals surface area contributed by atoms with Crippen molar-refractivity contribution in [3.05, 3.63) is 47.0 Å². The largest absolute Gasteiger partial charge is 0.367 e. The fourth-order valence-corrected chi connectivity index (χ4v) is 3.97. The Morgan fingerprint density at radius 3 is 2.42 bits per heavy atom. The van der Waals surface area contributed by atoms with Crippen LogP contribution in [0.1, 0.15) is 46.2 Å². The maximum absolute atomic E-state index is 13.0. The number of piperazine rings is 1. The normalized spacial score (nSPS) is 17.6. The molecule has 2 aliphatic rings. The zero-order chi connectivity index (χ0) is 18.3. The average molecular weight is 354 g/mol. The second-order valence-electron chi connectivity index (χ2n) is 7.45. The van der Waals surface area contributed by atoms with Gasteiger partial charge in [-0.15, -0.1) is 0 Å². The molecule has 2 aromatic rings. The van der Waals surface area contributed by atoms with Gasteiger partial charge >= 0.3 is 0 Å². The summed E-state index contributed by atoms with van der Waals surface area (Å²) in [6.07, 6.45) is 6.53. The summed E-state index contributed by atoms with van der Waals surface area (Å²) in [5.41, 5.74) is 4.08. The van der Waals surface area contributed by atoms with Crippen molar-refractivity contribution < 1.29 is 9.59 Å². The van der Waals surface area contributed by atoms with Gasteiger partial charge in [-0.2, -0.15) is 0 Å². The number of hydrogen-bond acceptors (Lipinski definition) is 2. The van der Waals surface area contributed by atoms with Crippen molar-refractivity contribution in [3.8, 4) is 0 Å². The number of nitrogens with zero attached hydrogens (tertiary/aromatic N) is 3. The van der Waals surface area contributed by atoms with Crippen LogP contribution in [0.15, 0.2) is 24.5 Å². The van der Waals surface area contributed by atoms with E-state index >= 15 is 0 Å². The molecule has 0 bridgehead atoms. The molecular formula is C20H26N4O2. The molecule has 6 nitrogen and oxygen atoms in total. The lowest BCUT2D eigenvalue weighted by Crippen LogP contribution is -2.51. The van der Waals surface area contributed by atoms with Gasteiger partial charge in [-0.05, 0) is 44.4 Å². The second-order valence-corrected chi connectivity index (χ2v) is 7.45. The zero-order valence-corrected chi connectivity index (χ0v) is 15.5. The summed E-state index contributed by atoms with van der Waals surface area (Å²) in [5, 5.41) is 0. The first-order chi connectivity index (χ1) is 12.5. The van der Waals surface area contributed by atoms with Gasteiger partial charge in [-0.25, -0.2) is 0 Å². The van der Waals surface area contributed by atoms with Gasteiger partial charge < -0.3 is 19.4 Å². The lowest BCUT2D eigenvalue weighted by molar-refractivity contribution is -0.131. The van der Waals surface area contributed by atoms with Crippen LogP contribution in [0.2, 0.25) is 0 Å². The molecule has 1 aliphatic carbocycles. The minimum atomic E-state index is 0.0998. The standard InChI is InChI=1S/C20H26N4O2/c1-14-11-18(15(2)24(14)17-3-4-17)20(26)23-9-7-22(8-10-23)19(25)12-16-5-6-21-13-16/h5-6,11,13,17,21H,3-4,7-10,12H2,1-2H3. The summed E-state index contributed by atoms with van der Waals surface area (Å²) in [6, 6.07) is 4.53. The number of rotatable bonds is 4. The van der Waals surface area contributed by atoms with Crippen LogP contribution >= 0.6 is 0 Å². The van der Waals surface area contributed by atoms with Crippen molar-refractivity contribution in [1.82, 2.24) is 19.4 Å². The summed E-state index contributed by atoms with van der Waals surface area (Å²) >= 11 is 0. The molecule has 6 heteroatoms. The van der Waals surface area contributed by atoms with E-state index in [-0.39, 0.29) is 11.8 Å². The van der Waals surface area contributed by atoms with E-state index in [4.69, 9.17) is 0 Å². The topological polar surface area (TPSA) is 61.3 Å². The van der Waals surface area contributed by atoms with E-state index in [1.165, 1.54) is 18.5 Å². The Hall–Kier alpha value is -2.50. The fourth-order valence-electron chi connectivity index (χ4n) is 3.97. The summed E-state index contributed by atoms with van der Waals surface area (Å²) in [4.78, 5) is 32.1. The third-order valence-corrected chi connectivity index (χ3v) is 5.56. The number of aromatic nitrogens is 2. The Morgan fingerprint density at radius 1 is 1.12 bits per heavy atom. The van der Waals surface area contributed by atoms with Crippen molar-refractivity contribution in [2.24, 2.45) is 0 Å². The summed E-state index contributed by atoms with van der Waals surface area (Å²) in [5.74, 6) is 0.228. The number of carbonyl (C=O) groups excluding carboxylic acids is 2. The zero-order valence-electron chi connectivity index (χ0n) is 15.5. The molecule has 1 saturated carbocycles. The van der Waals surface area contributed by atoms with Crippen molar-refractivity contribution >= 4 is 11.8 Å². The molecule has 1 N–H and O–H groups in total. The molecule has 2 aromatic heterocycles. The quantitative estimate of drug-likeness (QED) is 0.916. The van der Waals surface area contributed by atoms with E-state index in [2.05, 4.69) is 23.4 Å². The number of hydrogen-bond donors (Lipinski definition) is 1. The van der Waals surface area contributed by atoms with E-state index in [0.717, 1.165) is 16.8 Å². The Bertz CT molecular complexity index is 809. The van der Waals surface area contributed by atoms with Crippen LogP contribution in [0.4, 0.5) is 0 Å². The minimum Gasteiger partial charge on any atom is -0.367 e. The first-order valence-corrected chi connectivity index (χ1v) is 9.41. The lowest BCUT2D eigenvalue weighted by atomic mass is 10.1. The van der Waals surface area contributed by atoms with Crippen molar-refractivity contribution in [3.63, 3.8) is 0 Å². The SMILES string of the molecule is Cc1cc(C(=O)N2CCN(C(=O)Cc3cc[nH]c3)CC2)c(C)n1C1CC1. The van der Waals surface area contributed by atoms with E-state index in [1.54, 1.807) is 0 Å². The number of H-pyrrole nitrogens is 1. The van der Waals surface area contributed by atoms with Crippen molar-refractivity contribution in [1.29, 1.82) is 0 Å². The van der Waals surface area contributed by atoms with Crippen LogP contribution < -0.4 is 0 Å². The smallest absolute Gasteiger partial charge is 0.255 e. The highest BCUT2D eigenvalue weighted by Crippen LogP contribution is 2.38. The third kappa shape index (κ3) is 3.16. The molecule has 26 heavy (non-hydrogen) atoms. The molecule has 138 valence electrons. The predicted molar refractivity (Wildman–Crippen MR) is 99.2 cm³/mol. The number of amides is 2. The summed E-state index contributed by atoms with van der Waals surface area (Å²) in [6.45, 7) is 6.55. The maximum atomic E-state index is 13.0. The van der Waals surface area contributed by atoms with Gasteiger partial charge in [0.15, 0.2) is 0 Å². The third-order valence-electron chi connectivity index (χ3n) is 5.56. The molecule has 4 rings (SSSR count). The maximum Gasteiger partial charge on any atom is 0.255 e. The van der Waals surface area contributed by atoms with Crippen LogP contribution in [0.3, 0.4) is 0 Å². The van der Waals surface area contributed by atoms with E-state index in [0.29, 0.717) is 38.6 Å². The Morgan fingerprint density at radius 2 is 1.81 bits per heavy atom. The summed E-state index contributed by atoms with van der Waals surface area (Å²) in [7, 11) is 0. The Balaban J connectivity index is 1.38. The number of nitrogens with one attached hydrogen (secondary N) is 1. The molecule has 0 spiro atoms. The highest BCUT2D eigenvalue weighted by molar-refractivity contribution is 5.96. The minimum absolute atomic E-state index is 0.0998. The van der Waals surface area contributed by atoms with Gasteiger partial charge in [0.1, 0.15) is 0 Å².